The van der Waals surface area contributed by atoms with Crippen LogP contribution in [-0.4, -0.2) is 47.9 Å². The summed E-state index contributed by atoms with van der Waals surface area (Å²) in [6.07, 6.45) is 4.46. The van der Waals surface area contributed by atoms with Crippen molar-refractivity contribution < 1.29 is 29.3 Å². The van der Waals surface area contributed by atoms with Crippen molar-refractivity contribution in [1.29, 1.82) is 0 Å². The fourth-order valence-electron chi connectivity index (χ4n) is 10.9. The second-order valence-corrected chi connectivity index (χ2v) is 14.5. The Balaban J connectivity index is 1.55. The molecule has 2 N–H and O–H groups in total. The van der Waals surface area contributed by atoms with E-state index in [1.165, 1.54) is 7.11 Å². The first-order valence-electron chi connectivity index (χ1n) is 14.3. The third-order valence-electron chi connectivity index (χ3n) is 13.0. The van der Waals surface area contributed by atoms with Crippen LogP contribution in [0.25, 0.3) is 0 Å². The molecule has 204 valence electrons. The minimum atomic E-state index is -0.910. The fraction of sp³-hybridized carbons (Fsp3) is 0.806. The van der Waals surface area contributed by atoms with Gasteiger partial charge in [-0.3, -0.25) is 9.59 Å². The number of methoxy groups -OCH3 is 1. The number of allylic oxidation sites excluding steroid dienone is 3. The van der Waals surface area contributed by atoms with E-state index in [2.05, 4.69) is 34.6 Å². The summed E-state index contributed by atoms with van der Waals surface area (Å²) in [4.78, 5) is 27.9. The molecule has 0 bridgehead atoms. The SMILES string of the molecule is COC(=O)[C@]12CC[C@@H](C)[C@H](C)[C@@H]1C1=CC(=O)[C@@H]3[C@@]4(C)C[C@@H](O)[C@H](O)[C@@]5(C)COC(=C45)C[C@@]3(C)[C@]1(C)CC2. The predicted octanol–water partition coefficient (Wildman–Crippen LogP) is 4.59. The average Bonchev–Trinajstić information content (AvgIpc) is 3.18. The lowest BCUT2D eigenvalue weighted by molar-refractivity contribution is -0.177. The monoisotopic (exact) mass is 512 g/mol. The van der Waals surface area contributed by atoms with E-state index in [-0.39, 0.29) is 34.9 Å². The Morgan fingerprint density at radius 1 is 1.08 bits per heavy atom. The summed E-state index contributed by atoms with van der Waals surface area (Å²) in [5.74, 6) is 1.27. The van der Waals surface area contributed by atoms with Crippen molar-refractivity contribution in [3.8, 4) is 0 Å². The van der Waals surface area contributed by atoms with Crippen molar-refractivity contribution in [2.45, 2.75) is 92.3 Å². The molecule has 0 saturated heterocycles. The molecule has 6 nitrogen and oxygen atoms in total. The van der Waals surface area contributed by atoms with Crippen molar-refractivity contribution in [1.82, 2.24) is 0 Å². The summed E-state index contributed by atoms with van der Waals surface area (Å²) in [5, 5.41) is 22.1. The molecule has 0 amide bonds. The molecule has 0 spiro atoms. The highest BCUT2D eigenvalue weighted by atomic mass is 16.5. The quantitative estimate of drug-likeness (QED) is 0.500. The molecule has 6 heteroatoms. The van der Waals surface area contributed by atoms with Gasteiger partial charge in [0, 0.05) is 17.8 Å². The van der Waals surface area contributed by atoms with Crippen LogP contribution in [0.2, 0.25) is 0 Å². The van der Waals surface area contributed by atoms with Gasteiger partial charge in [-0.1, -0.05) is 40.2 Å². The first kappa shape index (κ1) is 25.6. The number of ketones is 1. The van der Waals surface area contributed by atoms with Crippen molar-refractivity contribution >= 4 is 11.8 Å². The standard InChI is InChI=1S/C31H44O6/c1-16-8-9-31(26(35)36-7)11-10-29(5)18(22(31)17(16)2)12-19(32)23-27(3)13-20(33)25(34)28(4)15-37-21(24(27)28)14-30(23,29)6/h12,16-17,20,22-23,25,33-34H,8-11,13-15H2,1-7H3/t16-,17+,20-,22-,23-,25+,27-,28+,29-,30-,31+/m1/s1. The van der Waals surface area contributed by atoms with E-state index in [0.29, 0.717) is 25.4 Å². The van der Waals surface area contributed by atoms with Crippen molar-refractivity contribution in [2.75, 3.05) is 13.7 Å². The molecule has 6 aliphatic rings. The van der Waals surface area contributed by atoms with Gasteiger partial charge < -0.3 is 19.7 Å². The molecule has 3 fully saturated rings. The molecule has 0 aromatic carbocycles. The van der Waals surface area contributed by atoms with E-state index in [1.807, 2.05) is 13.0 Å². The van der Waals surface area contributed by atoms with Crippen LogP contribution in [-0.2, 0) is 19.1 Å². The van der Waals surface area contributed by atoms with Gasteiger partial charge >= 0.3 is 5.97 Å². The van der Waals surface area contributed by atoms with Crippen molar-refractivity contribution in [3.05, 3.63) is 23.0 Å². The third-order valence-corrected chi connectivity index (χ3v) is 13.0. The number of hydrogen-bond acceptors (Lipinski definition) is 6. The number of aliphatic hydroxyl groups excluding tert-OH is 2. The average molecular weight is 513 g/mol. The number of aliphatic hydroxyl groups is 2. The Morgan fingerprint density at radius 2 is 1.78 bits per heavy atom. The molecule has 0 unspecified atom stereocenters. The molecule has 6 rings (SSSR count). The Morgan fingerprint density at radius 3 is 2.46 bits per heavy atom. The van der Waals surface area contributed by atoms with Gasteiger partial charge in [-0.05, 0) is 79.3 Å². The third kappa shape index (κ3) is 2.75. The van der Waals surface area contributed by atoms with Gasteiger partial charge in [-0.25, -0.2) is 0 Å². The second-order valence-electron chi connectivity index (χ2n) is 14.5. The van der Waals surface area contributed by atoms with E-state index in [1.54, 1.807) is 0 Å². The Bertz CT molecular complexity index is 1140. The maximum absolute atomic E-state index is 14.4. The van der Waals surface area contributed by atoms with Gasteiger partial charge in [-0.15, -0.1) is 0 Å². The lowest BCUT2D eigenvalue weighted by atomic mass is 9.34. The highest BCUT2D eigenvalue weighted by Gasteiger charge is 2.73. The van der Waals surface area contributed by atoms with Crippen LogP contribution in [0.4, 0.5) is 0 Å². The van der Waals surface area contributed by atoms with Crippen LogP contribution in [0.5, 0.6) is 0 Å². The van der Waals surface area contributed by atoms with Crippen LogP contribution in [0.3, 0.4) is 0 Å². The van der Waals surface area contributed by atoms with Crippen molar-refractivity contribution in [3.63, 3.8) is 0 Å². The Kier molecular flexibility index (Phi) is 5.19. The number of hydrogen-bond donors (Lipinski definition) is 2. The van der Waals surface area contributed by atoms with Gasteiger partial charge in [0.05, 0.1) is 42.5 Å². The minimum absolute atomic E-state index is 0.0270. The maximum Gasteiger partial charge on any atom is 0.312 e. The van der Waals surface area contributed by atoms with E-state index < -0.39 is 33.9 Å². The molecular weight excluding hydrogens is 468 g/mol. The molecule has 11 atom stereocenters. The summed E-state index contributed by atoms with van der Waals surface area (Å²) in [6.45, 7) is 13.6. The summed E-state index contributed by atoms with van der Waals surface area (Å²) in [5.41, 5.74) is -0.413. The summed E-state index contributed by atoms with van der Waals surface area (Å²) in [6, 6.07) is 0. The molecule has 0 aromatic heterocycles. The Hall–Kier alpha value is -1.66. The van der Waals surface area contributed by atoms with E-state index in [9.17, 15) is 19.8 Å². The number of carbonyl (C=O) groups is 2. The number of fused-ring (bicyclic) bond motifs is 6. The first-order valence-corrected chi connectivity index (χ1v) is 14.3. The van der Waals surface area contributed by atoms with Gasteiger partial charge in [0.15, 0.2) is 5.78 Å². The number of carbonyl (C=O) groups excluding carboxylic acids is 2. The zero-order valence-corrected chi connectivity index (χ0v) is 23.5. The number of ether oxygens (including phenoxy) is 2. The van der Waals surface area contributed by atoms with E-state index in [0.717, 1.165) is 42.6 Å². The number of rotatable bonds is 1. The summed E-state index contributed by atoms with van der Waals surface area (Å²) >= 11 is 0. The smallest absolute Gasteiger partial charge is 0.312 e. The Labute approximate surface area is 220 Å². The second kappa shape index (κ2) is 7.50. The van der Waals surface area contributed by atoms with Crippen LogP contribution in [0, 0.1) is 50.7 Å². The highest BCUT2D eigenvalue weighted by Crippen LogP contribution is 2.76. The molecular formula is C31H44O6. The molecule has 0 aromatic rings. The molecule has 1 aliphatic heterocycles. The van der Waals surface area contributed by atoms with Crippen LogP contribution >= 0.6 is 0 Å². The van der Waals surface area contributed by atoms with Gasteiger partial charge in [0.25, 0.3) is 0 Å². The van der Waals surface area contributed by atoms with Gasteiger partial charge in [0.2, 0.25) is 0 Å². The molecule has 37 heavy (non-hydrogen) atoms. The predicted molar refractivity (Wildman–Crippen MR) is 138 cm³/mol. The molecule has 3 saturated carbocycles. The van der Waals surface area contributed by atoms with Crippen LogP contribution in [0.15, 0.2) is 23.0 Å². The summed E-state index contributed by atoms with van der Waals surface area (Å²) < 4.78 is 11.8. The normalized spacial score (nSPS) is 54.3. The number of esters is 1. The lowest BCUT2D eigenvalue weighted by Gasteiger charge is -2.68. The first-order chi connectivity index (χ1) is 17.2. The van der Waals surface area contributed by atoms with Gasteiger partial charge in [-0.2, -0.15) is 0 Å². The van der Waals surface area contributed by atoms with Gasteiger partial charge in [0.1, 0.15) is 0 Å². The molecule has 1 heterocycles. The zero-order valence-electron chi connectivity index (χ0n) is 23.5. The highest BCUT2D eigenvalue weighted by molar-refractivity contribution is 5.96. The lowest BCUT2D eigenvalue weighted by Crippen LogP contribution is -2.66. The maximum atomic E-state index is 14.4. The van der Waals surface area contributed by atoms with E-state index >= 15 is 0 Å². The van der Waals surface area contributed by atoms with E-state index in [4.69, 9.17) is 9.47 Å². The minimum Gasteiger partial charge on any atom is -0.497 e. The largest absolute Gasteiger partial charge is 0.497 e. The van der Waals surface area contributed by atoms with Crippen LogP contribution in [0.1, 0.15) is 80.1 Å². The zero-order chi connectivity index (χ0) is 26.9. The topological polar surface area (TPSA) is 93.1 Å². The fourth-order valence-corrected chi connectivity index (χ4v) is 10.9. The molecule has 5 aliphatic carbocycles. The van der Waals surface area contributed by atoms with Crippen LogP contribution < -0.4 is 0 Å². The van der Waals surface area contributed by atoms with Crippen molar-refractivity contribution in [2.24, 2.45) is 50.7 Å². The molecule has 0 radical (unpaired) electrons. The summed E-state index contributed by atoms with van der Waals surface area (Å²) in [7, 11) is 1.50.